The van der Waals surface area contributed by atoms with Gasteiger partial charge in [0, 0.05) is 24.8 Å². The number of Topliss-reactive ketones (excluding diaryl/α,β-unsaturated/α-hetero) is 1. The number of nitrogens with zero attached hydrogens (tertiary/aromatic N) is 2. The van der Waals surface area contributed by atoms with E-state index in [-0.39, 0.29) is 27.0 Å². The number of anilines is 1. The van der Waals surface area contributed by atoms with Gasteiger partial charge in [-0.05, 0) is 6.07 Å². The van der Waals surface area contributed by atoms with Crippen molar-refractivity contribution in [3.05, 3.63) is 33.6 Å². The van der Waals surface area contributed by atoms with Crippen LogP contribution in [0.1, 0.15) is 16.6 Å². The number of aromatic nitrogens is 2. The van der Waals surface area contributed by atoms with Crippen LogP contribution in [0.2, 0.25) is 0 Å². The lowest BCUT2D eigenvalue weighted by Crippen LogP contribution is -2.27. The van der Waals surface area contributed by atoms with Gasteiger partial charge in [-0.3, -0.25) is 9.59 Å². The van der Waals surface area contributed by atoms with Crippen molar-refractivity contribution in [2.45, 2.75) is 19.6 Å². The van der Waals surface area contributed by atoms with Crippen LogP contribution in [0.25, 0.3) is 11.3 Å². The standard InChI is InChI=1S/C12H10F3N3O2S/c1-6(19)10-9(17-11(16)21-10)7-2-3-18(8(20)4-7)5-12(13,14)15/h2-4H,5H2,1H3,(H2,16,17). The number of hydrogen-bond acceptors (Lipinski definition) is 5. The van der Waals surface area contributed by atoms with Crippen LogP contribution in [0, 0.1) is 0 Å². The zero-order chi connectivity index (χ0) is 15.8. The molecule has 0 aliphatic heterocycles. The van der Waals surface area contributed by atoms with Gasteiger partial charge in [-0.15, -0.1) is 0 Å². The molecule has 0 atom stereocenters. The Hall–Kier alpha value is -2.16. The molecule has 2 rings (SSSR count). The highest BCUT2D eigenvalue weighted by atomic mass is 32.1. The fraction of sp³-hybridized carbons (Fsp3) is 0.250. The van der Waals surface area contributed by atoms with Crippen LogP contribution in [-0.4, -0.2) is 21.5 Å². The number of nitrogens with two attached hydrogens (primary N) is 1. The van der Waals surface area contributed by atoms with Crippen molar-refractivity contribution in [1.82, 2.24) is 9.55 Å². The minimum absolute atomic E-state index is 0.148. The monoisotopic (exact) mass is 317 g/mol. The number of nitrogen functional groups attached to an aromatic ring is 1. The second-order valence-electron chi connectivity index (χ2n) is 4.28. The zero-order valence-corrected chi connectivity index (χ0v) is 11.6. The second-order valence-corrected chi connectivity index (χ2v) is 5.31. The Morgan fingerprint density at radius 3 is 2.67 bits per heavy atom. The number of ketones is 1. The molecule has 0 aliphatic rings. The van der Waals surface area contributed by atoms with E-state index in [0.29, 0.717) is 4.57 Å². The highest BCUT2D eigenvalue weighted by Gasteiger charge is 2.28. The van der Waals surface area contributed by atoms with E-state index in [1.54, 1.807) is 0 Å². The van der Waals surface area contributed by atoms with E-state index < -0.39 is 18.3 Å². The first-order valence-corrected chi connectivity index (χ1v) is 6.54. The lowest BCUT2D eigenvalue weighted by Gasteiger charge is -2.09. The molecule has 0 saturated carbocycles. The molecular formula is C12H10F3N3O2S. The smallest absolute Gasteiger partial charge is 0.375 e. The second kappa shape index (κ2) is 5.32. The molecule has 0 spiro atoms. The Balaban J connectivity index is 2.46. The largest absolute Gasteiger partial charge is 0.406 e. The van der Waals surface area contributed by atoms with Crippen LogP contribution in [0.15, 0.2) is 23.1 Å². The Morgan fingerprint density at radius 1 is 1.48 bits per heavy atom. The molecule has 0 amide bonds. The minimum Gasteiger partial charge on any atom is -0.375 e. The average Bonchev–Trinajstić information content (AvgIpc) is 2.72. The normalized spacial score (nSPS) is 11.6. The third-order valence-electron chi connectivity index (χ3n) is 2.58. The van der Waals surface area contributed by atoms with Crippen LogP contribution in [-0.2, 0) is 6.54 Å². The fourth-order valence-electron chi connectivity index (χ4n) is 1.75. The van der Waals surface area contributed by atoms with Gasteiger partial charge >= 0.3 is 6.18 Å². The summed E-state index contributed by atoms with van der Waals surface area (Å²) in [5.41, 5.74) is 5.17. The number of carbonyl (C=O) groups is 1. The van der Waals surface area contributed by atoms with Crippen molar-refractivity contribution in [3.8, 4) is 11.3 Å². The third kappa shape index (κ3) is 3.48. The van der Waals surface area contributed by atoms with E-state index in [9.17, 15) is 22.8 Å². The Labute approximate surface area is 120 Å². The van der Waals surface area contributed by atoms with Gasteiger partial charge in [-0.25, -0.2) is 4.98 Å². The molecule has 5 nitrogen and oxygen atoms in total. The molecule has 2 aromatic heterocycles. The average molecular weight is 317 g/mol. The van der Waals surface area contributed by atoms with Gasteiger partial charge in [-0.1, -0.05) is 11.3 Å². The summed E-state index contributed by atoms with van der Waals surface area (Å²) in [6, 6.07) is 2.31. The summed E-state index contributed by atoms with van der Waals surface area (Å²) in [5.74, 6) is -0.279. The van der Waals surface area contributed by atoms with Gasteiger partial charge in [-0.2, -0.15) is 13.2 Å². The summed E-state index contributed by atoms with van der Waals surface area (Å²) in [4.78, 5) is 27.4. The van der Waals surface area contributed by atoms with Crippen molar-refractivity contribution in [1.29, 1.82) is 0 Å². The predicted octanol–water partition coefficient (Wildman–Crippen LogP) is 2.32. The van der Waals surface area contributed by atoms with Gasteiger partial charge < -0.3 is 10.3 Å². The summed E-state index contributed by atoms with van der Waals surface area (Å²) in [5, 5.41) is 0.148. The quantitative estimate of drug-likeness (QED) is 0.881. The highest BCUT2D eigenvalue weighted by molar-refractivity contribution is 7.17. The van der Waals surface area contributed by atoms with E-state index in [4.69, 9.17) is 5.73 Å². The summed E-state index contributed by atoms with van der Waals surface area (Å²) < 4.78 is 37.4. The Morgan fingerprint density at radius 2 is 2.14 bits per heavy atom. The molecule has 112 valence electrons. The third-order valence-corrected chi connectivity index (χ3v) is 3.57. The van der Waals surface area contributed by atoms with Crippen LogP contribution >= 0.6 is 11.3 Å². The molecule has 2 aromatic rings. The van der Waals surface area contributed by atoms with E-state index in [1.165, 1.54) is 13.0 Å². The van der Waals surface area contributed by atoms with Gasteiger partial charge in [0.2, 0.25) is 0 Å². The van der Waals surface area contributed by atoms with E-state index >= 15 is 0 Å². The van der Waals surface area contributed by atoms with Crippen molar-refractivity contribution in [3.63, 3.8) is 0 Å². The number of rotatable bonds is 3. The van der Waals surface area contributed by atoms with Crippen LogP contribution in [0.5, 0.6) is 0 Å². The lowest BCUT2D eigenvalue weighted by molar-refractivity contribution is -0.141. The van der Waals surface area contributed by atoms with Crippen molar-refractivity contribution < 1.29 is 18.0 Å². The van der Waals surface area contributed by atoms with Gasteiger partial charge in [0.05, 0.1) is 10.6 Å². The Bertz CT molecular complexity index is 749. The zero-order valence-electron chi connectivity index (χ0n) is 10.8. The molecule has 0 aliphatic carbocycles. The summed E-state index contributed by atoms with van der Waals surface area (Å²) in [7, 11) is 0. The van der Waals surface area contributed by atoms with Crippen LogP contribution < -0.4 is 11.3 Å². The minimum atomic E-state index is -4.49. The summed E-state index contributed by atoms with van der Waals surface area (Å²) in [6.07, 6.45) is -3.47. The van der Waals surface area contributed by atoms with E-state index in [1.807, 2.05) is 0 Å². The van der Waals surface area contributed by atoms with Gasteiger partial charge in [0.15, 0.2) is 10.9 Å². The maximum absolute atomic E-state index is 12.3. The van der Waals surface area contributed by atoms with E-state index in [2.05, 4.69) is 4.98 Å². The molecule has 2 N–H and O–H groups in total. The fourth-order valence-corrected chi connectivity index (χ4v) is 2.50. The summed E-state index contributed by atoms with van der Waals surface area (Å²) >= 11 is 0.966. The van der Waals surface area contributed by atoms with Crippen LogP contribution in [0.4, 0.5) is 18.3 Å². The number of pyridine rings is 1. The molecule has 2 heterocycles. The van der Waals surface area contributed by atoms with Crippen molar-refractivity contribution in [2.75, 3.05) is 5.73 Å². The number of hydrogen-bond donors (Lipinski definition) is 1. The topological polar surface area (TPSA) is 78.0 Å². The number of halogens is 3. The molecule has 0 bridgehead atoms. The van der Waals surface area contributed by atoms with Crippen LogP contribution in [0.3, 0.4) is 0 Å². The van der Waals surface area contributed by atoms with E-state index in [0.717, 1.165) is 23.6 Å². The molecule has 21 heavy (non-hydrogen) atoms. The number of alkyl halides is 3. The molecular weight excluding hydrogens is 307 g/mol. The van der Waals surface area contributed by atoms with Crippen molar-refractivity contribution in [2.24, 2.45) is 0 Å². The maximum atomic E-state index is 12.3. The first-order chi connectivity index (χ1) is 9.67. The molecule has 0 saturated heterocycles. The molecule has 0 fully saturated rings. The molecule has 0 aromatic carbocycles. The van der Waals surface area contributed by atoms with Gasteiger partial charge in [0.25, 0.3) is 5.56 Å². The first kappa shape index (κ1) is 15.2. The SMILES string of the molecule is CC(=O)c1sc(N)nc1-c1ccn(CC(F)(F)F)c(=O)c1. The molecule has 9 heteroatoms. The predicted molar refractivity (Wildman–Crippen MR) is 72.3 cm³/mol. The maximum Gasteiger partial charge on any atom is 0.406 e. The Kier molecular flexibility index (Phi) is 3.86. The lowest BCUT2D eigenvalue weighted by atomic mass is 10.1. The number of carbonyl (C=O) groups excluding carboxylic acids is 1. The summed E-state index contributed by atoms with van der Waals surface area (Å²) in [6.45, 7) is -0.0494. The molecule has 0 unspecified atom stereocenters. The van der Waals surface area contributed by atoms with Crippen molar-refractivity contribution >= 4 is 22.3 Å². The molecule has 0 radical (unpaired) electrons. The van der Waals surface area contributed by atoms with Gasteiger partial charge in [0.1, 0.15) is 6.54 Å². The number of thiazole rings is 1. The highest BCUT2D eigenvalue weighted by Crippen LogP contribution is 2.29. The first-order valence-electron chi connectivity index (χ1n) is 5.72.